The topological polar surface area (TPSA) is 95.2 Å². The van der Waals surface area contributed by atoms with Gasteiger partial charge in [-0.1, -0.05) is 30.4 Å². The number of para-hydroxylation sites is 1. The van der Waals surface area contributed by atoms with E-state index in [1.54, 1.807) is 0 Å². The van der Waals surface area contributed by atoms with Crippen molar-refractivity contribution < 1.29 is 9.47 Å². The molecular weight excluding hydrogens is 258 g/mol. The Balaban J connectivity index is 2.34. The lowest BCUT2D eigenvalue weighted by Crippen LogP contribution is -2.12. The van der Waals surface area contributed by atoms with Crippen molar-refractivity contribution in [3.63, 3.8) is 0 Å². The number of rotatable bonds is 5. The van der Waals surface area contributed by atoms with Gasteiger partial charge in [-0.2, -0.15) is 9.97 Å². The second-order valence-electron chi connectivity index (χ2n) is 3.71. The molecule has 0 saturated heterocycles. The van der Waals surface area contributed by atoms with Crippen molar-refractivity contribution in [3.8, 4) is 17.8 Å². The van der Waals surface area contributed by atoms with E-state index in [1.165, 1.54) is 7.11 Å². The van der Waals surface area contributed by atoms with Crippen molar-refractivity contribution in [2.24, 2.45) is 5.84 Å². The molecule has 0 aliphatic carbocycles. The number of anilines is 1. The molecule has 1 aromatic heterocycles. The minimum atomic E-state index is 0.0988. The molecule has 7 heteroatoms. The summed E-state index contributed by atoms with van der Waals surface area (Å²) < 4.78 is 10.6. The molecule has 1 heterocycles. The van der Waals surface area contributed by atoms with Gasteiger partial charge in [-0.25, -0.2) is 5.84 Å². The fraction of sp³-hybridized carbons (Fsp3) is 0.154. The van der Waals surface area contributed by atoms with Crippen LogP contribution in [0.3, 0.4) is 0 Å². The fourth-order valence-corrected chi connectivity index (χ4v) is 1.53. The van der Waals surface area contributed by atoms with Crippen molar-refractivity contribution >= 4 is 12.0 Å². The van der Waals surface area contributed by atoms with Crippen molar-refractivity contribution in [3.05, 3.63) is 35.9 Å². The van der Waals surface area contributed by atoms with Gasteiger partial charge < -0.3 is 9.47 Å². The minimum absolute atomic E-state index is 0.0988. The maximum atomic E-state index is 5.66. The number of ether oxygens (including phenoxy) is 2. The SMILES string of the molecule is C/C=C/c1ccccc1Oc1nc(NN)nc(OC)n1. The fourth-order valence-electron chi connectivity index (χ4n) is 1.53. The van der Waals surface area contributed by atoms with Crippen molar-refractivity contribution in [2.75, 3.05) is 12.5 Å². The molecule has 7 nitrogen and oxygen atoms in total. The van der Waals surface area contributed by atoms with Crippen LogP contribution < -0.4 is 20.7 Å². The van der Waals surface area contributed by atoms with Crippen molar-refractivity contribution in [2.45, 2.75) is 6.92 Å². The van der Waals surface area contributed by atoms with Crippen molar-refractivity contribution in [1.82, 2.24) is 15.0 Å². The van der Waals surface area contributed by atoms with Crippen LogP contribution in [-0.2, 0) is 0 Å². The van der Waals surface area contributed by atoms with Crippen LogP contribution in [0.5, 0.6) is 17.8 Å². The summed E-state index contributed by atoms with van der Waals surface area (Å²) in [4.78, 5) is 11.9. The van der Waals surface area contributed by atoms with Crippen LogP contribution >= 0.6 is 0 Å². The molecule has 0 spiro atoms. The summed E-state index contributed by atoms with van der Waals surface area (Å²) >= 11 is 0. The number of nitrogens with two attached hydrogens (primary N) is 1. The van der Waals surface area contributed by atoms with Gasteiger partial charge in [0.05, 0.1) is 7.11 Å². The van der Waals surface area contributed by atoms with E-state index in [9.17, 15) is 0 Å². The maximum absolute atomic E-state index is 5.66. The molecule has 20 heavy (non-hydrogen) atoms. The Morgan fingerprint density at radius 1 is 1.15 bits per heavy atom. The Hall–Kier alpha value is -2.67. The first kappa shape index (κ1) is 13.8. The van der Waals surface area contributed by atoms with Gasteiger partial charge in [0.2, 0.25) is 5.95 Å². The van der Waals surface area contributed by atoms with Gasteiger partial charge in [0.1, 0.15) is 5.75 Å². The summed E-state index contributed by atoms with van der Waals surface area (Å²) in [5.41, 5.74) is 3.24. The van der Waals surface area contributed by atoms with E-state index < -0.39 is 0 Å². The van der Waals surface area contributed by atoms with E-state index in [0.717, 1.165) is 5.56 Å². The Morgan fingerprint density at radius 3 is 2.60 bits per heavy atom. The monoisotopic (exact) mass is 273 g/mol. The lowest BCUT2D eigenvalue weighted by Gasteiger charge is -2.08. The lowest BCUT2D eigenvalue weighted by molar-refractivity contribution is 0.360. The average Bonchev–Trinajstić information content (AvgIpc) is 2.49. The second kappa shape index (κ2) is 6.48. The quantitative estimate of drug-likeness (QED) is 0.635. The number of allylic oxidation sites excluding steroid dienone is 1. The smallest absolute Gasteiger partial charge is 0.330 e. The summed E-state index contributed by atoms with van der Waals surface area (Å²) in [5, 5.41) is 0. The minimum Gasteiger partial charge on any atom is -0.467 e. The first-order valence-electron chi connectivity index (χ1n) is 5.93. The molecule has 2 rings (SSSR count). The van der Waals surface area contributed by atoms with E-state index in [-0.39, 0.29) is 18.0 Å². The van der Waals surface area contributed by atoms with E-state index in [4.69, 9.17) is 15.3 Å². The first-order valence-corrected chi connectivity index (χ1v) is 5.93. The number of nitrogens with zero attached hydrogens (tertiary/aromatic N) is 3. The third-order valence-corrected chi connectivity index (χ3v) is 2.37. The number of hydrogen-bond donors (Lipinski definition) is 2. The standard InChI is InChI=1S/C13H15N5O2/c1-3-6-9-7-4-5-8-10(9)20-13-16-11(18-14)15-12(17-13)19-2/h3-8H,14H2,1-2H3,(H,15,16,17,18)/b6-3+. The highest BCUT2D eigenvalue weighted by Gasteiger charge is 2.09. The highest BCUT2D eigenvalue weighted by molar-refractivity contribution is 5.57. The summed E-state index contributed by atoms with van der Waals surface area (Å²) in [6.45, 7) is 1.93. The molecule has 0 unspecified atom stereocenters. The first-order chi connectivity index (χ1) is 9.76. The van der Waals surface area contributed by atoms with Crippen LogP contribution in [0.2, 0.25) is 0 Å². The molecular formula is C13H15N5O2. The summed E-state index contributed by atoms with van der Waals surface area (Å²) in [6.07, 6.45) is 3.85. The van der Waals surface area contributed by atoms with Crippen LogP contribution in [-0.4, -0.2) is 22.1 Å². The molecule has 0 aliphatic rings. The zero-order valence-corrected chi connectivity index (χ0v) is 11.2. The number of methoxy groups -OCH3 is 1. The zero-order valence-electron chi connectivity index (χ0n) is 11.2. The molecule has 104 valence electrons. The predicted octanol–water partition coefficient (Wildman–Crippen LogP) is 1.99. The van der Waals surface area contributed by atoms with Gasteiger partial charge in [-0.15, -0.1) is 4.98 Å². The predicted molar refractivity (Wildman–Crippen MR) is 75.4 cm³/mol. The largest absolute Gasteiger partial charge is 0.467 e. The van der Waals surface area contributed by atoms with E-state index >= 15 is 0 Å². The highest BCUT2D eigenvalue weighted by atomic mass is 16.5. The summed E-state index contributed by atoms with van der Waals surface area (Å²) in [7, 11) is 1.45. The van der Waals surface area contributed by atoms with Crippen LogP contribution in [0.4, 0.5) is 5.95 Å². The third-order valence-electron chi connectivity index (χ3n) is 2.37. The number of hydrazine groups is 1. The van der Waals surface area contributed by atoms with Crippen molar-refractivity contribution in [1.29, 1.82) is 0 Å². The Morgan fingerprint density at radius 2 is 1.90 bits per heavy atom. The van der Waals surface area contributed by atoms with Gasteiger partial charge in [0.25, 0.3) is 0 Å². The maximum Gasteiger partial charge on any atom is 0.330 e. The molecule has 0 bridgehead atoms. The van der Waals surface area contributed by atoms with Crippen LogP contribution in [0.1, 0.15) is 12.5 Å². The molecule has 0 amide bonds. The van der Waals surface area contributed by atoms with E-state index in [2.05, 4.69) is 20.4 Å². The van der Waals surface area contributed by atoms with E-state index in [1.807, 2.05) is 43.3 Å². The van der Waals surface area contributed by atoms with Crippen LogP contribution in [0, 0.1) is 0 Å². The molecule has 1 aromatic carbocycles. The molecule has 0 aliphatic heterocycles. The van der Waals surface area contributed by atoms with Gasteiger partial charge in [-0.3, -0.25) is 5.43 Å². The van der Waals surface area contributed by atoms with Gasteiger partial charge in [0.15, 0.2) is 0 Å². The van der Waals surface area contributed by atoms with E-state index in [0.29, 0.717) is 5.75 Å². The molecule has 0 radical (unpaired) electrons. The lowest BCUT2D eigenvalue weighted by atomic mass is 10.2. The van der Waals surface area contributed by atoms with Crippen LogP contribution in [0.15, 0.2) is 30.3 Å². The van der Waals surface area contributed by atoms with Gasteiger partial charge in [0, 0.05) is 5.56 Å². The molecule has 2 aromatic rings. The number of aromatic nitrogens is 3. The molecule has 0 atom stereocenters. The van der Waals surface area contributed by atoms with Gasteiger partial charge >= 0.3 is 12.0 Å². The Kier molecular flexibility index (Phi) is 4.46. The van der Waals surface area contributed by atoms with Gasteiger partial charge in [-0.05, 0) is 13.0 Å². The number of nitrogens with one attached hydrogen (secondary N) is 1. The summed E-state index contributed by atoms with van der Waals surface area (Å²) in [5.74, 6) is 6.08. The number of nitrogen functional groups attached to an aromatic ring is 1. The Labute approximate surface area is 116 Å². The normalized spacial score (nSPS) is 10.6. The molecule has 0 fully saturated rings. The zero-order chi connectivity index (χ0) is 14.4. The Bertz CT molecular complexity index is 593. The number of benzene rings is 1. The second-order valence-corrected chi connectivity index (χ2v) is 3.71. The third kappa shape index (κ3) is 3.21. The average molecular weight is 273 g/mol. The molecule has 0 saturated carbocycles. The number of hydrogen-bond acceptors (Lipinski definition) is 7. The molecule has 3 N–H and O–H groups in total. The van der Waals surface area contributed by atoms with Crippen LogP contribution in [0.25, 0.3) is 6.08 Å². The summed E-state index contributed by atoms with van der Waals surface area (Å²) in [6, 6.07) is 7.75. The highest BCUT2D eigenvalue weighted by Crippen LogP contribution is 2.25.